The summed E-state index contributed by atoms with van der Waals surface area (Å²) in [5, 5.41) is 3.37. The number of ether oxygens (including phenoxy) is 3. The van der Waals surface area contributed by atoms with Crippen LogP contribution >= 0.6 is 0 Å². The zero-order valence-corrected chi connectivity index (χ0v) is 10.9. The van der Waals surface area contributed by atoms with E-state index in [-0.39, 0.29) is 5.60 Å². The van der Waals surface area contributed by atoms with Gasteiger partial charge in [0.25, 0.3) is 0 Å². The Bertz CT molecular complexity index is 441. The average molecular weight is 249 g/mol. The molecule has 3 rings (SSSR count). The van der Waals surface area contributed by atoms with Gasteiger partial charge in [0.05, 0.1) is 20.3 Å². The molecule has 2 aliphatic heterocycles. The first-order valence-corrected chi connectivity index (χ1v) is 6.38. The Hall–Kier alpha value is -1.26. The van der Waals surface area contributed by atoms with Crippen molar-refractivity contribution >= 4 is 0 Å². The van der Waals surface area contributed by atoms with Crippen molar-refractivity contribution in [2.24, 2.45) is 0 Å². The van der Waals surface area contributed by atoms with Crippen LogP contribution in [0.1, 0.15) is 24.4 Å². The molecule has 2 atom stereocenters. The highest BCUT2D eigenvalue weighted by Gasteiger charge is 2.43. The number of fused-ring (bicyclic) bond motifs is 1. The summed E-state index contributed by atoms with van der Waals surface area (Å²) in [5.41, 5.74) is 1.03. The molecule has 4 heteroatoms. The van der Waals surface area contributed by atoms with Gasteiger partial charge in [-0.2, -0.15) is 0 Å². The summed E-state index contributed by atoms with van der Waals surface area (Å²) in [6, 6.07) is 6.29. The van der Waals surface area contributed by atoms with E-state index in [1.807, 2.05) is 19.2 Å². The number of nitrogens with one attached hydrogen (secondary N) is 1. The van der Waals surface area contributed by atoms with Crippen LogP contribution < -0.4 is 14.8 Å². The van der Waals surface area contributed by atoms with Crippen molar-refractivity contribution in [3.05, 3.63) is 23.8 Å². The van der Waals surface area contributed by atoms with Crippen LogP contribution in [0.5, 0.6) is 11.5 Å². The summed E-state index contributed by atoms with van der Waals surface area (Å²) in [6.07, 6.45) is 1.92. The second kappa shape index (κ2) is 4.44. The lowest BCUT2D eigenvalue weighted by Crippen LogP contribution is -2.44. The van der Waals surface area contributed by atoms with Gasteiger partial charge in [-0.1, -0.05) is 0 Å². The zero-order valence-electron chi connectivity index (χ0n) is 10.9. The van der Waals surface area contributed by atoms with Gasteiger partial charge in [-0.25, -0.2) is 0 Å². The van der Waals surface area contributed by atoms with Gasteiger partial charge in [0.1, 0.15) is 17.1 Å². The van der Waals surface area contributed by atoms with E-state index < -0.39 is 0 Å². The van der Waals surface area contributed by atoms with E-state index in [4.69, 9.17) is 14.2 Å². The fourth-order valence-corrected chi connectivity index (χ4v) is 2.86. The first-order chi connectivity index (χ1) is 8.76. The Morgan fingerprint density at radius 1 is 1.44 bits per heavy atom. The van der Waals surface area contributed by atoms with E-state index in [2.05, 4.69) is 11.4 Å². The quantitative estimate of drug-likeness (QED) is 0.869. The summed E-state index contributed by atoms with van der Waals surface area (Å²) in [5.74, 6) is 1.82. The third-order valence-corrected chi connectivity index (χ3v) is 3.91. The van der Waals surface area contributed by atoms with Gasteiger partial charge in [-0.05, 0) is 25.2 Å². The Morgan fingerprint density at radius 2 is 2.33 bits per heavy atom. The fourth-order valence-electron chi connectivity index (χ4n) is 2.86. The van der Waals surface area contributed by atoms with E-state index in [0.717, 1.165) is 30.9 Å². The lowest BCUT2D eigenvalue weighted by Gasteiger charge is -2.39. The minimum absolute atomic E-state index is 0.144. The number of hydrogen-bond acceptors (Lipinski definition) is 4. The molecule has 0 aliphatic carbocycles. The lowest BCUT2D eigenvalue weighted by atomic mass is 9.86. The molecule has 1 aromatic carbocycles. The molecule has 4 nitrogen and oxygen atoms in total. The van der Waals surface area contributed by atoms with Gasteiger partial charge in [-0.3, -0.25) is 0 Å². The molecule has 1 N–H and O–H groups in total. The monoisotopic (exact) mass is 249 g/mol. The van der Waals surface area contributed by atoms with Gasteiger partial charge in [-0.15, -0.1) is 0 Å². The lowest BCUT2D eigenvalue weighted by molar-refractivity contribution is 0.0197. The summed E-state index contributed by atoms with van der Waals surface area (Å²) < 4.78 is 17.0. The van der Waals surface area contributed by atoms with E-state index in [9.17, 15) is 0 Å². The van der Waals surface area contributed by atoms with Crippen LogP contribution in [-0.4, -0.2) is 33.0 Å². The summed E-state index contributed by atoms with van der Waals surface area (Å²) in [4.78, 5) is 0. The predicted octanol–water partition coefficient (Wildman–Crippen LogP) is 1.90. The zero-order chi connectivity index (χ0) is 12.6. The molecule has 0 amide bonds. The van der Waals surface area contributed by atoms with Crippen molar-refractivity contribution in [3.63, 3.8) is 0 Å². The van der Waals surface area contributed by atoms with Crippen molar-refractivity contribution < 1.29 is 14.2 Å². The van der Waals surface area contributed by atoms with Crippen molar-refractivity contribution in [1.82, 2.24) is 5.32 Å². The number of benzene rings is 1. The second-order valence-corrected chi connectivity index (χ2v) is 5.04. The van der Waals surface area contributed by atoms with E-state index in [1.54, 1.807) is 7.11 Å². The highest BCUT2D eigenvalue weighted by Crippen LogP contribution is 2.44. The molecule has 0 aromatic heterocycles. The van der Waals surface area contributed by atoms with Gasteiger partial charge in [0.2, 0.25) is 0 Å². The van der Waals surface area contributed by atoms with Crippen molar-refractivity contribution in [3.8, 4) is 11.5 Å². The maximum absolute atomic E-state index is 6.19. The van der Waals surface area contributed by atoms with Crippen LogP contribution in [0.3, 0.4) is 0 Å². The third kappa shape index (κ3) is 1.85. The molecule has 2 aliphatic rings. The minimum atomic E-state index is -0.144. The van der Waals surface area contributed by atoms with Crippen molar-refractivity contribution in [2.45, 2.75) is 24.5 Å². The molecule has 0 bridgehead atoms. The summed E-state index contributed by atoms with van der Waals surface area (Å²) in [7, 11) is 3.68. The molecular weight excluding hydrogens is 230 g/mol. The number of methoxy groups -OCH3 is 1. The second-order valence-electron chi connectivity index (χ2n) is 5.04. The van der Waals surface area contributed by atoms with Gasteiger partial charge < -0.3 is 19.5 Å². The molecule has 2 unspecified atom stereocenters. The fraction of sp³-hybridized carbons (Fsp3) is 0.571. The van der Waals surface area contributed by atoms with Gasteiger partial charge in [0, 0.05) is 24.4 Å². The van der Waals surface area contributed by atoms with Gasteiger partial charge in [0.15, 0.2) is 0 Å². The molecule has 1 fully saturated rings. The van der Waals surface area contributed by atoms with Crippen LogP contribution in [0.4, 0.5) is 0 Å². The van der Waals surface area contributed by atoms with E-state index in [0.29, 0.717) is 12.6 Å². The number of hydrogen-bond donors (Lipinski definition) is 1. The SMILES string of the molecule is CNC1CC2(CCOC2)Oc2ccc(OC)cc21. The minimum Gasteiger partial charge on any atom is -0.497 e. The highest BCUT2D eigenvalue weighted by molar-refractivity contribution is 5.44. The van der Waals surface area contributed by atoms with Crippen LogP contribution in [0.2, 0.25) is 0 Å². The average Bonchev–Trinajstić information content (AvgIpc) is 2.85. The Labute approximate surface area is 107 Å². The topological polar surface area (TPSA) is 39.7 Å². The number of rotatable bonds is 2. The molecule has 18 heavy (non-hydrogen) atoms. The molecule has 98 valence electrons. The Morgan fingerprint density at radius 3 is 3.00 bits per heavy atom. The smallest absolute Gasteiger partial charge is 0.136 e. The molecule has 1 aromatic rings. The van der Waals surface area contributed by atoms with Gasteiger partial charge >= 0.3 is 0 Å². The molecule has 1 saturated heterocycles. The Balaban J connectivity index is 1.98. The maximum atomic E-state index is 6.19. The van der Waals surface area contributed by atoms with E-state index in [1.165, 1.54) is 5.56 Å². The normalized spacial score (nSPS) is 30.0. The molecular formula is C14H19NO3. The molecule has 0 saturated carbocycles. The summed E-state index contributed by atoms with van der Waals surface area (Å²) >= 11 is 0. The first-order valence-electron chi connectivity index (χ1n) is 6.38. The van der Waals surface area contributed by atoms with Crippen LogP contribution in [0, 0.1) is 0 Å². The molecule has 2 heterocycles. The first kappa shape index (κ1) is 11.8. The molecule has 1 spiro atoms. The van der Waals surface area contributed by atoms with Crippen LogP contribution in [-0.2, 0) is 4.74 Å². The van der Waals surface area contributed by atoms with Crippen LogP contribution in [0.25, 0.3) is 0 Å². The standard InChI is InChI=1S/C14H19NO3/c1-15-12-8-14(5-6-17-9-14)18-13-4-3-10(16-2)7-11(12)13/h3-4,7,12,15H,5-6,8-9H2,1-2H3. The molecule has 0 radical (unpaired) electrons. The maximum Gasteiger partial charge on any atom is 0.136 e. The van der Waals surface area contributed by atoms with Crippen molar-refractivity contribution in [2.75, 3.05) is 27.4 Å². The van der Waals surface area contributed by atoms with Crippen molar-refractivity contribution in [1.29, 1.82) is 0 Å². The third-order valence-electron chi connectivity index (χ3n) is 3.91. The summed E-state index contributed by atoms with van der Waals surface area (Å²) in [6.45, 7) is 1.48. The predicted molar refractivity (Wildman–Crippen MR) is 68.2 cm³/mol. The largest absolute Gasteiger partial charge is 0.497 e. The van der Waals surface area contributed by atoms with Crippen LogP contribution in [0.15, 0.2) is 18.2 Å². The highest BCUT2D eigenvalue weighted by atomic mass is 16.6. The Kier molecular flexibility index (Phi) is 2.92. The van der Waals surface area contributed by atoms with E-state index >= 15 is 0 Å².